The number of benzene rings is 1. The van der Waals surface area contributed by atoms with Crippen LogP contribution >= 0.6 is 12.4 Å². The predicted octanol–water partition coefficient (Wildman–Crippen LogP) is 1.49. The molecule has 0 bridgehead atoms. The molecule has 1 fully saturated rings. The molecule has 4 N–H and O–H groups in total. The lowest BCUT2D eigenvalue weighted by atomic mass is 9.90. The summed E-state index contributed by atoms with van der Waals surface area (Å²) in [5.74, 6) is -0.281. The molecule has 1 heterocycles. The first-order chi connectivity index (χ1) is 10.9. The quantitative estimate of drug-likeness (QED) is 0.747. The van der Waals surface area contributed by atoms with Crippen LogP contribution in [0, 0.1) is 5.41 Å². The number of nitrogens with one attached hydrogen (secondary N) is 2. The zero-order valence-electron chi connectivity index (χ0n) is 14.2. The van der Waals surface area contributed by atoms with Crippen LogP contribution in [0.5, 0.6) is 0 Å². The summed E-state index contributed by atoms with van der Waals surface area (Å²) >= 11 is 0. The number of likely N-dealkylation sites (tertiary alicyclic amines) is 1. The topological polar surface area (TPSA) is 87.5 Å². The highest BCUT2D eigenvalue weighted by molar-refractivity contribution is 5.96. The number of halogens is 1. The van der Waals surface area contributed by atoms with E-state index in [1.54, 1.807) is 0 Å². The largest absolute Gasteiger partial charge is 0.334 e. The Kier molecular flexibility index (Phi) is 7.66. The lowest BCUT2D eigenvalue weighted by Gasteiger charge is -2.26. The fourth-order valence-electron chi connectivity index (χ4n) is 2.76. The van der Waals surface area contributed by atoms with E-state index in [1.165, 1.54) is 0 Å². The van der Waals surface area contributed by atoms with E-state index < -0.39 is 6.03 Å². The van der Waals surface area contributed by atoms with E-state index >= 15 is 0 Å². The molecule has 3 amide bonds. The van der Waals surface area contributed by atoms with Crippen molar-refractivity contribution in [2.75, 3.05) is 19.6 Å². The van der Waals surface area contributed by atoms with Gasteiger partial charge < -0.3 is 11.1 Å². The van der Waals surface area contributed by atoms with Gasteiger partial charge in [0.1, 0.15) is 0 Å². The van der Waals surface area contributed by atoms with Gasteiger partial charge in [0, 0.05) is 13.1 Å². The minimum atomic E-state index is -0.466. The Labute approximate surface area is 149 Å². The lowest BCUT2D eigenvalue weighted by Crippen LogP contribution is -2.49. The molecule has 2 rings (SSSR count). The van der Waals surface area contributed by atoms with E-state index in [0.29, 0.717) is 13.1 Å². The summed E-state index contributed by atoms with van der Waals surface area (Å²) in [6, 6.07) is 8.76. The van der Waals surface area contributed by atoms with Gasteiger partial charge in [0.25, 0.3) is 0 Å². The third kappa shape index (κ3) is 5.47. The van der Waals surface area contributed by atoms with Crippen molar-refractivity contribution >= 4 is 24.3 Å². The SMILES string of the molecule is CC(C(=O)NC(=O)NCc1ccccc1)N1CCC(C)(CN)C1.Cl. The van der Waals surface area contributed by atoms with Gasteiger partial charge in [-0.25, -0.2) is 4.79 Å². The van der Waals surface area contributed by atoms with Gasteiger partial charge in [-0.3, -0.25) is 15.0 Å². The Morgan fingerprint density at radius 2 is 2.00 bits per heavy atom. The number of nitrogens with zero attached hydrogens (tertiary/aromatic N) is 1. The van der Waals surface area contributed by atoms with Crippen molar-refractivity contribution in [3.63, 3.8) is 0 Å². The Morgan fingerprint density at radius 1 is 1.33 bits per heavy atom. The molecule has 2 atom stereocenters. The Bertz CT molecular complexity index is 555. The summed E-state index contributed by atoms with van der Waals surface area (Å²) in [5.41, 5.74) is 6.84. The molecule has 134 valence electrons. The van der Waals surface area contributed by atoms with Gasteiger partial charge in [-0.1, -0.05) is 37.3 Å². The van der Waals surface area contributed by atoms with Gasteiger partial charge in [0.2, 0.25) is 5.91 Å². The number of nitrogens with two attached hydrogens (primary N) is 1. The van der Waals surface area contributed by atoms with Crippen molar-refractivity contribution in [1.82, 2.24) is 15.5 Å². The third-order valence-electron chi connectivity index (χ3n) is 4.54. The second-order valence-corrected chi connectivity index (χ2v) is 6.57. The third-order valence-corrected chi connectivity index (χ3v) is 4.54. The molecule has 1 aliphatic heterocycles. The van der Waals surface area contributed by atoms with Gasteiger partial charge in [-0.15, -0.1) is 12.4 Å². The van der Waals surface area contributed by atoms with Gasteiger partial charge in [0.15, 0.2) is 0 Å². The van der Waals surface area contributed by atoms with Crippen LogP contribution in [0.25, 0.3) is 0 Å². The van der Waals surface area contributed by atoms with Crippen LogP contribution in [0.2, 0.25) is 0 Å². The van der Waals surface area contributed by atoms with Crippen LogP contribution in [0.1, 0.15) is 25.8 Å². The van der Waals surface area contributed by atoms with Crippen LogP contribution < -0.4 is 16.4 Å². The first-order valence-corrected chi connectivity index (χ1v) is 8.00. The normalized spacial score (nSPS) is 21.6. The maximum Gasteiger partial charge on any atom is 0.321 e. The number of carbonyl (C=O) groups is 2. The van der Waals surface area contributed by atoms with E-state index in [4.69, 9.17) is 5.73 Å². The molecule has 6 nitrogen and oxygen atoms in total. The standard InChI is InChI=1S/C17H26N4O2.ClH/c1-13(21-9-8-17(2,11-18)12-21)15(22)20-16(23)19-10-14-6-4-3-5-7-14;/h3-7,13H,8-12,18H2,1-2H3,(H2,19,20,22,23);1H. The molecule has 2 unspecified atom stereocenters. The average molecular weight is 355 g/mol. The van der Waals surface area contributed by atoms with E-state index in [-0.39, 0.29) is 29.8 Å². The highest BCUT2D eigenvalue weighted by Crippen LogP contribution is 2.29. The zero-order chi connectivity index (χ0) is 16.9. The summed E-state index contributed by atoms with van der Waals surface area (Å²) in [4.78, 5) is 26.1. The number of carbonyl (C=O) groups excluding carboxylic acids is 2. The van der Waals surface area contributed by atoms with Crippen molar-refractivity contribution in [2.45, 2.75) is 32.9 Å². The number of hydrogen-bond acceptors (Lipinski definition) is 4. The van der Waals surface area contributed by atoms with Crippen molar-refractivity contribution < 1.29 is 9.59 Å². The molecule has 1 aromatic carbocycles. The fourth-order valence-corrected chi connectivity index (χ4v) is 2.76. The van der Waals surface area contributed by atoms with Crippen LogP contribution in [0.4, 0.5) is 4.79 Å². The summed E-state index contributed by atoms with van der Waals surface area (Å²) < 4.78 is 0. The van der Waals surface area contributed by atoms with Gasteiger partial charge in [-0.2, -0.15) is 0 Å². The molecule has 0 radical (unpaired) electrons. The highest BCUT2D eigenvalue weighted by Gasteiger charge is 2.36. The number of amides is 3. The number of urea groups is 1. The molecular weight excluding hydrogens is 328 g/mol. The van der Waals surface area contributed by atoms with E-state index in [0.717, 1.165) is 25.1 Å². The van der Waals surface area contributed by atoms with Crippen molar-refractivity contribution in [3.8, 4) is 0 Å². The average Bonchev–Trinajstić information content (AvgIpc) is 2.96. The Balaban J connectivity index is 0.00000288. The van der Waals surface area contributed by atoms with E-state index in [2.05, 4.69) is 22.5 Å². The summed E-state index contributed by atoms with van der Waals surface area (Å²) in [6.45, 7) is 6.56. The molecule has 1 saturated heterocycles. The molecule has 1 aliphatic rings. The predicted molar refractivity (Wildman–Crippen MR) is 96.9 cm³/mol. The Hall–Kier alpha value is -1.63. The van der Waals surface area contributed by atoms with Crippen LogP contribution in [0.15, 0.2) is 30.3 Å². The van der Waals surface area contributed by atoms with Crippen molar-refractivity contribution in [1.29, 1.82) is 0 Å². The molecular formula is C17H27ClN4O2. The minimum absolute atomic E-state index is 0. The molecule has 0 aromatic heterocycles. The lowest BCUT2D eigenvalue weighted by molar-refractivity contribution is -0.124. The van der Waals surface area contributed by atoms with Gasteiger partial charge in [0.05, 0.1) is 6.04 Å². The number of imide groups is 1. The number of hydrogen-bond donors (Lipinski definition) is 3. The first-order valence-electron chi connectivity index (χ1n) is 8.00. The van der Waals surface area contributed by atoms with E-state index in [1.807, 2.05) is 37.3 Å². The van der Waals surface area contributed by atoms with Gasteiger partial charge in [-0.05, 0) is 37.4 Å². The molecule has 0 spiro atoms. The number of rotatable bonds is 5. The maximum atomic E-state index is 12.2. The van der Waals surface area contributed by atoms with Crippen LogP contribution in [-0.4, -0.2) is 42.5 Å². The van der Waals surface area contributed by atoms with E-state index in [9.17, 15) is 9.59 Å². The second-order valence-electron chi connectivity index (χ2n) is 6.57. The van der Waals surface area contributed by atoms with Crippen LogP contribution in [-0.2, 0) is 11.3 Å². The molecule has 24 heavy (non-hydrogen) atoms. The molecule has 7 heteroatoms. The van der Waals surface area contributed by atoms with Gasteiger partial charge >= 0.3 is 6.03 Å². The van der Waals surface area contributed by atoms with Crippen LogP contribution in [0.3, 0.4) is 0 Å². The summed E-state index contributed by atoms with van der Waals surface area (Å²) in [6.07, 6.45) is 0.974. The first kappa shape index (κ1) is 20.4. The minimum Gasteiger partial charge on any atom is -0.334 e. The van der Waals surface area contributed by atoms with Crippen molar-refractivity contribution in [2.24, 2.45) is 11.1 Å². The monoisotopic (exact) mass is 354 g/mol. The summed E-state index contributed by atoms with van der Waals surface area (Å²) in [7, 11) is 0. The highest BCUT2D eigenvalue weighted by atomic mass is 35.5. The van der Waals surface area contributed by atoms with Crippen molar-refractivity contribution in [3.05, 3.63) is 35.9 Å². The molecule has 0 saturated carbocycles. The molecule has 0 aliphatic carbocycles. The smallest absolute Gasteiger partial charge is 0.321 e. The Morgan fingerprint density at radius 3 is 2.58 bits per heavy atom. The maximum absolute atomic E-state index is 12.2. The molecule has 1 aromatic rings. The fraction of sp³-hybridized carbons (Fsp3) is 0.529. The summed E-state index contributed by atoms with van der Waals surface area (Å²) in [5, 5.41) is 5.10. The second kappa shape index (κ2) is 9.01. The zero-order valence-corrected chi connectivity index (χ0v) is 15.1.